The fourth-order valence-corrected chi connectivity index (χ4v) is 9.43. The number of carbonyl (C=O) groups is 1. The van der Waals surface area contributed by atoms with Gasteiger partial charge in [-0.05, 0) is 78.4 Å². The third kappa shape index (κ3) is 3.69. The highest BCUT2D eigenvalue weighted by atomic mass is 16.3. The van der Waals surface area contributed by atoms with Gasteiger partial charge in [-0.2, -0.15) is 0 Å². The Bertz CT molecular complexity index is 924. The van der Waals surface area contributed by atoms with Crippen molar-refractivity contribution in [1.29, 1.82) is 5.41 Å². The zero-order valence-electron chi connectivity index (χ0n) is 21.4. The van der Waals surface area contributed by atoms with Crippen LogP contribution in [0.3, 0.4) is 0 Å². The minimum atomic E-state index is 0.161. The van der Waals surface area contributed by atoms with Crippen molar-refractivity contribution in [1.82, 2.24) is 10.3 Å². The van der Waals surface area contributed by atoms with Crippen LogP contribution in [0, 0.1) is 64.1 Å². The lowest BCUT2D eigenvalue weighted by molar-refractivity contribution is -0.132. The number of hydrogen-bond donors (Lipinski definition) is 2. The number of aromatic nitrogens is 1. The van der Waals surface area contributed by atoms with Crippen LogP contribution in [-0.4, -0.2) is 23.5 Å². The molecule has 10 unspecified atom stereocenters. The normalized spacial score (nSPS) is 42.9. The molecule has 0 radical (unpaired) electrons. The Kier molecular flexibility index (Phi) is 6.50. The number of Topliss-reactive ketones (excluding diaryl/α,β-unsaturated/α-hetero) is 1. The van der Waals surface area contributed by atoms with Crippen molar-refractivity contribution < 1.29 is 9.21 Å². The molecule has 34 heavy (non-hydrogen) atoms. The zero-order valence-corrected chi connectivity index (χ0v) is 21.4. The lowest BCUT2D eigenvalue weighted by Gasteiger charge is -2.56. The summed E-state index contributed by atoms with van der Waals surface area (Å²) in [6, 6.07) is 0. The van der Waals surface area contributed by atoms with Crippen LogP contribution in [0.4, 0.5) is 0 Å². The van der Waals surface area contributed by atoms with Crippen LogP contribution >= 0.6 is 0 Å². The molecule has 0 bridgehead atoms. The minimum Gasteiger partial charge on any atom is -0.444 e. The van der Waals surface area contributed by atoms with Crippen LogP contribution in [0.15, 0.2) is 23.1 Å². The van der Waals surface area contributed by atoms with Crippen molar-refractivity contribution in [3.05, 3.63) is 24.6 Å². The van der Waals surface area contributed by atoms with Crippen LogP contribution in [0.1, 0.15) is 78.5 Å². The number of fused-ring (bicyclic) bond motifs is 5. The van der Waals surface area contributed by atoms with E-state index < -0.39 is 0 Å². The highest BCUT2D eigenvalue weighted by Crippen LogP contribution is 2.76. The number of allylic oxidation sites excluding steroid dienone is 1. The monoisotopic (exact) mass is 465 g/mol. The summed E-state index contributed by atoms with van der Waals surface area (Å²) in [5.41, 5.74) is 0.718. The molecule has 5 rings (SSSR count). The molecule has 4 saturated carbocycles. The molecule has 4 fully saturated rings. The highest BCUT2D eigenvalue weighted by Gasteiger charge is 2.73. The van der Waals surface area contributed by atoms with Gasteiger partial charge in [0.15, 0.2) is 5.78 Å². The Hall–Kier alpha value is -1.91. The number of hydrogen-bond acceptors (Lipinski definition) is 5. The average Bonchev–Trinajstić information content (AvgIpc) is 3.20. The first kappa shape index (κ1) is 23.8. The van der Waals surface area contributed by atoms with Gasteiger partial charge in [0.2, 0.25) is 5.89 Å². The molecular weight excluding hydrogens is 422 g/mol. The third-order valence-electron chi connectivity index (χ3n) is 10.7. The maximum atomic E-state index is 13.7. The first-order chi connectivity index (χ1) is 16.5. The molecule has 0 aliphatic heterocycles. The van der Waals surface area contributed by atoms with Gasteiger partial charge in [0.25, 0.3) is 0 Å². The van der Waals surface area contributed by atoms with Crippen molar-refractivity contribution in [3.63, 3.8) is 0 Å². The lowest BCUT2D eigenvalue weighted by Crippen LogP contribution is -2.51. The summed E-state index contributed by atoms with van der Waals surface area (Å²) in [5, 5.41) is 10.8. The fraction of sp³-hybridized carbons (Fsp3) is 0.759. The molecule has 1 aromatic rings. The number of nitrogens with zero attached hydrogens (tertiary/aromatic N) is 1. The predicted molar refractivity (Wildman–Crippen MR) is 135 cm³/mol. The molecule has 1 aromatic heterocycles. The van der Waals surface area contributed by atoms with Crippen molar-refractivity contribution in [2.75, 3.05) is 6.54 Å². The first-order valence-electron chi connectivity index (χ1n) is 13.8. The van der Waals surface area contributed by atoms with E-state index in [0.717, 1.165) is 35.5 Å². The second-order valence-electron chi connectivity index (χ2n) is 12.0. The number of oxazole rings is 1. The number of ketones is 1. The van der Waals surface area contributed by atoms with E-state index in [9.17, 15) is 4.79 Å². The SMILES string of the molecule is CCCC1C(CC)CCC2C1CCC1(C)C(C(=O)CN/C=C(\C=N)c3ncco3)C3C(C)C3C21. The van der Waals surface area contributed by atoms with Gasteiger partial charge in [-0.1, -0.05) is 47.0 Å². The van der Waals surface area contributed by atoms with E-state index in [0.29, 0.717) is 35.6 Å². The van der Waals surface area contributed by atoms with Gasteiger partial charge in [-0.3, -0.25) is 4.79 Å². The van der Waals surface area contributed by atoms with E-state index in [1.807, 2.05) is 0 Å². The average molecular weight is 466 g/mol. The van der Waals surface area contributed by atoms with Crippen molar-refractivity contribution in [2.24, 2.45) is 58.7 Å². The first-order valence-corrected chi connectivity index (χ1v) is 13.8. The fourth-order valence-electron chi connectivity index (χ4n) is 9.43. The third-order valence-corrected chi connectivity index (χ3v) is 10.7. The standard InChI is InChI=1S/C29H43N3O2/c1-5-7-20-18(6-2)8-9-22-21(20)10-11-29(4)26(22)24-17(3)25(24)27(29)23(33)16-31-15-19(14-30)28-32-12-13-34-28/h12-15,17-18,20-22,24-27,30-31H,5-11,16H2,1-4H3/b19-15+,30-14?. The summed E-state index contributed by atoms with van der Waals surface area (Å²) < 4.78 is 5.30. The van der Waals surface area contributed by atoms with E-state index in [1.54, 1.807) is 12.4 Å². The van der Waals surface area contributed by atoms with Gasteiger partial charge in [-0.15, -0.1) is 0 Å². The van der Waals surface area contributed by atoms with Crippen LogP contribution in [0.25, 0.3) is 5.57 Å². The summed E-state index contributed by atoms with van der Waals surface area (Å²) in [6.45, 7) is 9.97. The van der Waals surface area contributed by atoms with Crippen LogP contribution in [0.2, 0.25) is 0 Å². The summed E-state index contributed by atoms with van der Waals surface area (Å²) >= 11 is 0. The molecule has 5 heteroatoms. The number of nitrogens with one attached hydrogen (secondary N) is 2. The molecule has 0 saturated heterocycles. The molecule has 1 heterocycles. The molecule has 0 amide bonds. The Morgan fingerprint density at radius 2 is 2.09 bits per heavy atom. The lowest BCUT2D eigenvalue weighted by atomic mass is 9.49. The van der Waals surface area contributed by atoms with Gasteiger partial charge in [0, 0.05) is 18.3 Å². The molecule has 4 aliphatic rings. The van der Waals surface area contributed by atoms with Gasteiger partial charge in [0.1, 0.15) is 6.26 Å². The van der Waals surface area contributed by atoms with Gasteiger partial charge < -0.3 is 15.1 Å². The molecule has 186 valence electrons. The Morgan fingerprint density at radius 1 is 1.26 bits per heavy atom. The summed E-state index contributed by atoms with van der Waals surface area (Å²) in [7, 11) is 0. The van der Waals surface area contributed by atoms with Crippen LogP contribution in [-0.2, 0) is 4.79 Å². The molecule has 5 nitrogen and oxygen atoms in total. The van der Waals surface area contributed by atoms with Gasteiger partial charge >= 0.3 is 0 Å². The van der Waals surface area contributed by atoms with E-state index in [1.165, 1.54) is 57.4 Å². The van der Waals surface area contributed by atoms with Crippen LogP contribution < -0.4 is 5.32 Å². The Balaban J connectivity index is 1.33. The second-order valence-corrected chi connectivity index (χ2v) is 12.0. The minimum absolute atomic E-state index is 0.161. The molecule has 10 atom stereocenters. The number of carbonyl (C=O) groups excluding carboxylic acids is 1. The summed E-state index contributed by atoms with van der Waals surface area (Å²) in [6.07, 6.45) is 15.4. The molecule has 4 aliphatic carbocycles. The smallest absolute Gasteiger partial charge is 0.228 e. The largest absolute Gasteiger partial charge is 0.444 e. The molecule has 2 N–H and O–H groups in total. The van der Waals surface area contributed by atoms with Gasteiger partial charge in [0.05, 0.1) is 18.3 Å². The topological polar surface area (TPSA) is 79.0 Å². The summed E-state index contributed by atoms with van der Waals surface area (Å²) in [4.78, 5) is 17.8. The van der Waals surface area contributed by atoms with E-state index >= 15 is 0 Å². The predicted octanol–water partition coefficient (Wildman–Crippen LogP) is 6.22. The molecule has 0 aromatic carbocycles. The second kappa shape index (κ2) is 9.28. The maximum absolute atomic E-state index is 13.7. The Labute approximate surface area is 205 Å². The Morgan fingerprint density at radius 3 is 2.76 bits per heavy atom. The quantitative estimate of drug-likeness (QED) is 0.424. The van der Waals surface area contributed by atoms with E-state index in [2.05, 4.69) is 38.0 Å². The van der Waals surface area contributed by atoms with Gasteiger partial charge in [-0.25, -0.2) is 4.98 Å². The number of rotatable bonds is 9. The maximum Gasteiger partial charge on any atom is 0.228 e. The summed E-state index contributed by atoms with van der Waals surface area (Å²) in [5.74, 6) is 7.24. The van der Waals surface area contributed by atoms with Crippen LogP contribution in [0.5, 0.6) is 0 Å². The zero-order chi connectivity index (χ0) is 24.0. The molecule has 0 spiro atoms. The van der Waals surface area contributed by atoms with E-state index in [-0.39, 0.29) is 11.3 Å². The van der Waals surface area contributed by atoms with E-state index in [4.69, 9.17) is 9.83 Å². The van der Waals surface area contributed by atoms with Crippen molar-refractivity contribution >= 4 is 17.6 Å². The highest BCUT2D eigenvalue weighted by molar-refractivity contribution is 6.06. The van der Waals surface area contributed by atoms with Crippen molar-refractivity contribution in [3.8, 4) is 0 Å². The molecular formula is C29H43N3O2. The van der Waals surface area contributed by atoms with Crippen molar-refractivity contribution in [2.45, 2.75) is 72.6 Å².